The third kappa shape index (κ3) is 3.94. The van der Waals surface area contributed by atoms with Crippen LogP contribution in [0, 0.1) is 0 Å². The van der Waals surface area contributed by atoms with Crippen molar-refractivity contribution >= 4 is 65.4 Å². The SMILES string of the molecule is c1ccc(-n2c3ccccc3c3c(-c4ccccc4-n4c5ccccc5c5c6c7ccccc7n(-c7ccccc7)c6ccc54)cccc32)cc1. The Labute approximate surface area is 294 Å². The Morgan fingerprint density at radius 2 is 0.627 bits per heavy atom. The average Bonchev–Trinajstić information content (AvgIpc) is 3.84. The number of nitrogens with zero attached hydrogens (tertiary/aromatic N) is 3. The van der Waals surface area contributed by atoms with Crippen LogP contribution < -0.4 is 0 Å². The van der Waals surface area contributed by atoms with Gasteiger partial charge in [-0.25, -0.2) is 0 Å². The normalized spacial score (nSPS) is 11.9. The van der Waals surface area contributed by atoms with Crippen molar-refractivity contribution in [2.75, 3.05) is 0 Å². The first-order valence-electron chi connectivity index (χ1n) is 17.5. The van der Waals surface area contributed by atoms with Crippen molar-refractivity contribution in [1.29, 1.82) is 0 Å². The van der Waals surface area contributed by atoms with E-state index in [1.165, 1.54) is 87.9 Å². The minimum Gasteiger partial charge on any atom is -0.309 e. The summed E-state index contributed by atoms with van der Waals surface area (Å²) < 4.78 is 7.30. The Balaban J connectivity index is 1.25. The molecule has 0 radical (unpaired) electrons. The van der Waals surface area contributed by atoms with Crippen LogP contribution in [0.25, 0.3) is 93.6 Å². The Morgan fingerprint density at radius 3 is 1.22 bits per heavy atom. The van der Waals surface area contributed by atoms with Gasteiger partial charge in [0.25, 0.3) is 0 Å². The van der Waals surface area contributed by atoms with Gasteiger partial charge in [0.2, 0.25) is 0 Å². The van der Waals surface area contributed by atoms with Crippen molar-refractivity contribution in [2.24, 2.45) is 0 Å². The molecule has 0 aliphatic carbocycles. The molecular formula is C48H31N3. The van der Waals surface area contributed by atoms with Gasteiger partial charge in [-0.15, -0.1) is 0 Å². The molecule has 0 N–H and O–H groups in total. The minimum atomic E-state index is 1.16. The van der Waals surface area contributed by atoms with Crippen LogP contribution in [0.3, 0.4) is 0 Å². The lowest BCUT2D eigenvalue weighted by molar-refractivity contribution is 1.17. The second kappa shape index (κ2) is 10.8. The highest BCUT2D eigenvalue weighted by Gasteiger charge is 2.23. The maximum atomic E-state index is 2.49. The number of fused-ring (bicyclic) bond motifs is 10. The van der Waals surface area contributed by atoms with Gasteiger partial charge in [0, 0.05) is 49.3 Å². The van der Waals surface area contributed by atoms with Gasteiger partial charge in [0.05, 0.1) is 38.8 Å². The summed E-state index contributed by atoms with van der Waals surface area (Å²) in [5.41, 5.74) is 13.2. The first-order valence-corrected chi connectivity index (χ1v) is 17.5. The van der Waals surface area contributed by atoms with Gasteiger partial charge in [-0.3, -0.25) is 0 Å². The van der Waals surface area contributed by atoms with E-state index in [0.717, 1.165) is 5.69 Å². The van der Waals surface area contributed by atoms with Gasteiger partial charge in [-0.05, 0) is 72.3 Å². The van der Waals surface area contributed by atoms with Crippen LogP contribution in [0.2, 0.25) is 0 Å². The van der Waals surface area contributed by atoms with Gasteiger partial charge in [-0.1, -0.05) is 121 Å². The quantitative estimate of drug-likeness (QED) is 0.180. The van der Waals surface area contributed by atoms with Crippen LogP contribution in [0.5, 0.6) is 0 Å². The Kier molecular flexibility index (Phi) is 5.96. The molecule has 238 valence electrons. The standard InChI is InChI=1S/C48H31N3/c1-3-16-32(17-4-1)49-40-26-12-8-21-36(40)46-35(24-15-29-43(46)49)34-20-7-11-25-39(34)51-42-28-14-10-23-38(42)48-45(51)31-30-44-47(48)37-22-9-13-27-41(37)50(44)33-18-5-2-6-19-33/h1-31H. The van der Waals surface area contributed by atoms with Gasteiger partial charge < -0.3 is 13.7 Å². The van der Waals surface area contributed by atoms with E-state index in [1.54, 1.807) is 0 Å². The minimum absolute atomic E-state index is 1.16. The molecule has 0 spiro atoms. The molecule has 0 fully saturated rings. The zero-order chi connectivity index (χ0) is 33.5. The first kappa shape index (κ1) is 28.0. The Hall–Kier alpha value is -6.84. The summed E-state index contributed by atoms with van der Waals surface area (Å²) >= 11 is 0. The second-order valence-corrected chi connectivity index (χ2v) is 13.3. The summed E-state index contributed by atoms with van der Waals surface area (Å²) in [5.74, 6) is 0. The predicted octanol–water partition coefficient (Wildman–Crippen LogP) is 12.6. The van der Waals surface area contributed by atoms with Gasteiger partial charge in [0.15, 0.2) is 0 Å². The highest BCUT2D eigenvalue weighted by Crippen LogP contribution is 2.45. The van der Waals surface area contributed by atoms with Gasteiger partial charge >= 0.3 is 0 Å². The monoisotopic (exact) mass is 649 g/mol. The predicted molar refractivity (Wildman–Crippen MR) is 215 cm³/mol. The number of benzene rings is 8. The molecule has 8 aromatic carbocycles. The molecule has 0 saturated heterocycles. The number of para-hydroxylation sites is 6. The summed E-state index contributed by atoms with van der Waals surface area (Å²) in [6, 6.07) is 68.3. The van der Waals surface area contributed by atoms with Crippen LogP contribution in [-0.2, 0) is 0 Å². The number of aromatic nitrogens is 3. The molecule has 3 nitrogen and oxygen atoms in total. The second-order valence-electron chi connectivity index (χ2n) is 13.3. The van der Waals surface area contributed by atoms with E-state index in [2.05, 4.69) is 202 Å². The highest BCUT2D eigenvalue weighted by molar-refractivity contribution is 6.29. The number of rotatable bonds is 4. The molecule has 0 aliphatic rings. The average molecular weight is 650 g/mol. The lowest BCUT2D eigenvalue weighted by Crippen LogP contribution is -1.98. The lowest BCUT2D eigenvalue weighted by atomic mass is 9.97. The zero-order valence-electron chi connectivity index (χ0n) is 27.7. The van der Waals surface area contributed by atoms with E-state index < -0.39 is 0 Å². The molecule has 51 heavy (non-hydrogen) atoms. The van der Waals surface area contributed by atoms with Crippen LogP contribution in [0.1, 0.15) is 0 Å². The largest absolute Gasteiger partial charge is 0.309 e. The molecule has 3 heteroatoms. The Bertz CT molecular complexity index is 3120. The van der Waals surface area contributed by atoms with Crippen LogP contribution in [-0.4, -0.2) is 13.7 Å². The smallest absolute Gasteiger partial charge is 0.0549 e. The molecule has 3 aromatic heterocycles. The van der Waals surface area contributed by atoms with Gasteiger partial charge in [-0.2, -0.15) is 0 Å². The topological polar surface area (TPSA) is 14.8 Å². The Morgan fingerprint density at radius 1 is 0.235 bits per heavy atom. The fraction of sp³-hybridized carbons (Fsp3) is 0. The van der Waals surface area contributed by atoms with Crippen LogP contribution in [0.15, 0.2) is 188 Å². The van der Waals surface area contributed by atoms with Crippen molar-refractivity contribution in [3.8, 4) is 28.2 Å². The third-order valence-electron chi connectivity index (χ3n) is 10.6. The van der Waals surface area contributed by atoms with Crippen molar-refractivity contribution in [3.63, 3.8) is 0 Å². The van der Waals surface area contributed by atoms with E-state index in [4.69, 9.17) is 0 Å². The van der Waals surface area contributed by atoms with Crippen molar-refractivity contribution in [3.05, 3.63) is 188 Å². The summed E-state index contributed by atoms with van der Waals surface area (Å²) in [5, 5.41) is 7.59. The van der Waals surface area contributed by atoms with Gasteiger partial charge in [0.1, 0.15) is 0 Å². The molecule has 0 aliphatic heterocycles. The molecule has 11 rings (SSSR count). The maximum Gasteiger partial charge on any atom is 0.0549 e. The fourth-order valence-electron chi connectivity index (χ4n) is 8.63. The molecule has 0 unspecified atom stereocenters. The summed E-state index contributed by atoms with van der Waals surface area (Å²) in [7, 11) is 0. The fourth-order valence-corrected chi connectivity index (χ4v) is 8.63. The first-order chi connectivity index (χ1) is 25.4. The third-order valence-corrected chi connectivity index (χ3v) is 10.6. The van der Waals surface area contributed by atoms with E-state index in [9.17, 15) is 0 Å². The summed E-state index contributed by atoms with van der Waals surface area (Å²) in [4.78, 5) is 0. The zero-order valence-corrected chi connectivity index (χ0v) is 27.7. The molecule has 3 heterocycles. The molecule has 11 aromatic rings. The lowest BCUT2D eigenvalue weighted by Gasteiger charge is -2.15. The van der Waals surface area contributed by atoms with E-state index in [-0.39, 0.29) is 0 Å². The maximum absolute atomic E-state index is 2.49. The highest BCUT2D eigenvalue weighted by atomic mass is 15.0. The van der Waals surface area contributed by atoms with Crippen molar-refractivity contribution in [2.45, 2.75) is 0 Å². The number of hydrogen-bond donors (Lipinski definition) is 0. The van der Waals surface area contributed by atoms with Crippen molar-refractivity contribution in [1.82, 2.24) is 13.7 Å². The van der Waals surface area contributed by atoms with Crippen LogP contribution >= 0.6 is 0 Å². The van der Waals surface area contributed by atoms with Crippen molar-refractivity contribution < 1.29 is 0 Å². The summed E-state index contributed by atoms with van der Waals surface area (Å²) in [6.45, 7) is 0. The van der Waals surface area contributed by atoms with E-state index in [1.807, 2.05) is 0 Å². The number of hydrogen-bond acceptors (Lipinski definition) is 0. The van der Waals surface area contributed by atoms with E-state index >= 15 is 0 Å². The molecule has 0 bridgehead atoms. The molecule has 0 saturated carbocycles. The molecule has 0 atom stereocenters. The molecular weight excluding hydrogens is 619 g/mol. The van der Waals surface area contributed by atoms with Crippen LogP contribution in [0.4, 0.5) is 0 Å². The van der Waals surface area contributed by atoms with E-state index in [0.29, 0.717) is 0 Å². The molecule has 0 amide bonds. The summed E-state index contributed by atoms with van der Waals surface area (Å²) in [6.07, 6.45) is 0.